The molecule has 0 saturated carbocycles. The van der Waals surface area contributed by atoms with Gasteiger partial charge in [-0.3, -0.25) is 9.59 Å². The molecular formula is C19H18N2O4. The SMILES string of the molecule is COC(=O)c1ccc(CNC(=O)c2ccc3c(c2)CCC(=O)N3)cc1. The van der Waals surface area contributed by atoms with Crippen molar-refractivity contribution < 1.29 is 19.1 Å². The Labute approximate surface area is 145 Å². The molecular weight excluding hydrogens is 320 g/mol. The van der Waals surface area contributed by atoms with Gasteiger partial charge in [-0.05, 0) is 47.9 Å². The molecule has 1 aliphatic heterocycles. The Balaban J connectivity index is 1.63. The Morgan fingerprint density at radius 3 is 2.52 bits per heavy atom. The Hall–Kier alpha value is -3.15. The quantitative estimate of drug-likeness (QED) is 0.838. The molecule has 0 fully saturated rings. The minimum atomic E-state index is -0.392. The molecule has 2 amide bonds. The maximum absolute atomic E-state index is 12.3. The van der Waals surface area contributed by atoms with Crippen molar-refractivity contribution in [2.24, 2.45) is 0 Å². The van der Waals surface area contributed by atoms with Gasteiger partial charge in [0.25, 0.3) is 5.91 Å². The van der Waals surface area contributed by atoms with Crippen LogP contribution in [0.4, 0.5) is 5.69 Å². The van der Waals surface area contributed by atoms with Gasteiger partial charge in [0.1, 0.15) is 0 Å². The van der Waals surface area contributed by atoms with Crippen molar-refractivity contribution in [2.75, 3.05) is 12.4 Å². The first-order valence-electron chi connectivity index (χ1n) is 7.95. The predicted molar refractivity (Wildman–Crippen MR) is 92.3 cm³/mol. The summed E-state index contributed by atoms with van der Waals surface area (Å²) < 4.78 is 4.65. The average Bonchev–Trinajstić information content (AvgIpc) is 2.65. The van der Waals surface area contributed by atoms with Crippen LogP contribution < -0.4 is 10.6 Å². The van der Waals surface area contributed by atoms with Crippen LogP contribution in [-0.4, -0.2) is 24.9 Å². The van der Waals surface area contributed by atoms with Gasteiger partial charge in [0.2, 0.25) is 5.91 Å². The third kappa shape index (κ3) is 3.85. The van der Waals surface area contributed by atoms with E-state index < -0.39 is 5.97 Å². The highest BCUT2D eigenvalue weighted by molar-refractivity contribution is 5.98. The van der Waals surface area contributed by atoms with Crippen LogP contribution in [0.3, 0.4) is 0 Å². The molecule has 2 N–H and O–H groups in total. The standard InChI is InChI=1S/C19H18N2O4/c1-25-19(24)13-4-2-12(3-5-13)11-20-18(23)15-6-8-16-14(10-15)7-9-17(22)21-16/h2-6,8,10H,7,9,11H2,1H3,(H,20,23)(H,21,22). The lowest BCUT2D eigenvalue weighted by Gasteiger charge is -2.17. The zero-order valence-electron chi connectivity index (χ0n) is 13.8. The van der Waals surface area contributed by atoms with E-state index in [1.54, 1.807) is 36.4 Å². The van der Waals surface area contributed by atoms with Crippen LogP contribution in [0.2, 0.25) is 0 Å². The first kappa shape index (κ1) is 16.7. The number of benzene rings is 2. The van der Waals surface area contributed by atoms with Crippen LogP contribution in [0.25, 0.3) is 0 Å². The van der Waals surface area contributed by atoms with E-state index in [1.807, 2.05) is 6.07 Å². The Morgan fingerprint density at radius 2 is 1.80 bits per heavy atom. The second kappa shape index (κ2) is 7.17. The van der Waals surface area contributed by atoms with E-state index in [0.717, 1.165) is 16.8 Å². The zero-order valence-corrected chi connectivity index (χ0v) is 13.8. The highest BCUT2D eigenvalue weighted by atomic mass is 16.5. The monoisotopic (exact) mass is 338 g/mol. The summed E-state index contributed by atoms with van der Waals surface area (Å²) >= 11 is 0. The van der Waals surface area contributed by atoms with Gasteiger partial charge in [-0.1, -0.05) is 12.1 Å². The Kier molecular flexibility index (Phi) is 4.79. The first-order chi connectivity index (χ1) is 12.1. The van der Waals surface area contributed by atoms with Crippen LogP contribution in [-0.2, 0) is 22.5 Å². The van der Waals surface area contributed by atoms with E-state index in [4.69, 9.17) is 0 Å². The van der Waals surface area contributed by atoms with Crippen molar-refractivity contribution in [3.63, 3.8) is 0 Å². The van der Waals surface area contributed by atoms with Crippen molar-refractivity contribution in [1.29, 1.82) is 0 Å². The number of aryl methyl sites for hydroxylation is 1. The third-order valence-corrected chi connectivity index (χ3v) is 4.09. The molecule has 0 atom stereocenters. The van der Waals surface area contributed by atoms with Gasteiger partial charge >= 0.3 is 5.97 Å². The number of ether oxygens (including phenoxy) is 1. The summed E-state index contributed by atoms with van der Waals surface area (Å²) in [6.07, 6.45) is 1.07. The number of esters is 1. The Morgan fingerprint density at radius 1 is 1.08 bits per heavy atom. The van der Waals surface area contributed by atoms with Crippen molar-refractivity contribution in [3.05, 3.63) is 64.7 Å². The van der Waals surface area contributed by atoms with Crippen molar-refractivity contribution in [3.8, 4) is 0 Å². The summed E-state index contributed by atoms with van der Waals surface area (Å²) in [6.45, 7) is 0.355. The third-order valence-electron chi connectivity index (χ3n) is 4.09. The average molecular weight is 338 g/mol. The second-order valence-corrected chi connectivity index (χ2v) is 5.79. The highest BCUT2D eigenvalue weighted by Gasteiger charge is 2.16. The van der Waals surface area contributed by atoms with Gasteiger partial charge in [-0.25, -0.2) is 4.79 Å². The van der Waals surface area contributed by atoms with E-state index in [0.29, 0.717) is 30.5 Å². The molecule has 128 valence electrons. The molecule has 1 heterocycles. The molecule has 2 aromatic rings. The van der Waals surface area contributed by atoms with E-state index in [-0.39, 0.29) is 11.8 Å². The minimum absolute atomic E-state index is 0.0000954. The molecule has 0 spiro atoms. The minimum Gasteiger partial charge on any atom is -0.465 e. The molecule has 0 bridgehead atoms. The lowest BCUT2D eigenvalue weighted by Crippen LogP contribution is -2.24. The number of rotatable bonds is 4. The van der Waals surface area contributed by atoms with Crippen LogP contribution >= 0.6 is 0 Å². The van der Waals surface area contributed by atoms with Crippen LogP contribution in [0, 0.1) is 0 Å². The molecule has 3 rings (SSSR count). The first-order valence-corrected chi connectivity index (χ1v) is 7.95. The number of carbonyl (C=O) groups is 3. The highest BCUT2D eigenvalue weighted by Crippen LogP contribution is 2.23. The van der Waals surface area contributed by atoms with Crippen LogP contribution in [0.15, 0.2) is 42.5 Å². The predicted octanol–water partition coefficient (Wildman–Crippen LogP) is 2.29. The number of amides is 2. The topological polar surface area (TPSA) is 84.5 Å². The second-order valence-electron chi connectivity index (χ2n) is 5.79. The lowest BCUT2D eigenvalue weighted by atomic mass is 10.00. The fourth-order valence-electron chi connectivity index (χ4n) is 2.69. The largest absolute Gasteiger partial charge is 0.465 e. The van der Waals surface area contributed by atoms with Crippen LogP contribution in [0.5, 0.6) is 0 Å². The van der Waals surface area contributed by atoms with Gasteiger partial charge in [-0.2, -0.15) is 0 Å². The molecule has 6 nitrogen and oxygen atoms in total. The summed E-state index contributed by atoms with van der Waals surface area (Å²) in [6, 6.07) is 12.1. The number of nitrogens with one attached hydrogen (secondary N) is 2. The summed E-state index contributed by atoms with van der Waals surface area (Å²) in [7, 11) is 1.33. The number of anilines is 1. The van der Waals surface area contributed by atoms with Gasteiger partial charge in [-0.15, -0.1) is 0 Å². The lowest BCUT2D eigenvalue weighted by molar-refractivity contribution is -0.116. The molecule has 25 heavy (non-hydrogen) atoms. The van der Waals surface area contributed by atoms with Gasteiger partial charge in [0.15, 0.2) is 0 Å². The fourth-order valence-corrected chi connectivity index (χ4v) is 2.69. The number of carbonyl (C=O) groups excluding carboxylic acids is 3. The zero-order chi connectivity index (χ0) is 17.8. The van der Waals surface area contributed by atoms with Crippen molar-refractivity contribution >= 4 is 23.5 Å². The Bertz CT molecular complexity index is 828. The molecule has 0 aromatic heterocycles. The molecule has 0 aliphatic carbocycles. The van der Waals surface area contributed by atoms with Gasteiger partial charge in [0.05, 0.1) is 12.7 Å². The maximum Gasteiger partial charge on any atom is 0.337 e. The molecule has 0 unspecified atom stereocenters. The van der Waals surface area contributed by atoms with E-state index >= 15 is 0 Å². The van der Waals surface area contributed by atoms with E-state index in [2.05, 4.69) is 15.4 Å². The summed E-state index contributed by atoms with van der Waals surface area (Å²) in [5.41, 5.74) is 3.64. The van der Waals surface area contributed by atoms with Crippen LogP contribution in [0.1, 0.15) is 38.3 Å². The number of hydrogen-bond acceptors (Lipinski definition) is 4. The van der Waals surface area contributed by atoms with E-state index in [9.17, 15) is 14.4 Å². The van der Waals surface area contributed by atoms with Gasteiger partial charge < -0.3 is 15.4 Å². The molecule has 6 heteroatoms. The molecule has 0 radical (unpaired) electrons. The maximum atomic E-state index is 12.3. The molecule has 0 saturated heterocycles. The summed E-state index contributed by atoms with van der Waals surface area (Å²) in [5, 5.41) is 5.65. The normalized spacial score (nSPS) is 12.8. The number of methoxy groups -OCH3 is 1. The number of fused-ring (bicyclic) bond motifs is 1. The number of hydrogen-bond donors (Lipinski definition) is 2. The molecule has 1 aliphatic rings. The fraction of sp³-hybridized carbons (Fsp3) is 0.211. The summed E-state index contributed by atoms with van der Waals surface area (Å²) in [4.78, 5) is 35.1. The van der Waals surface area contributed by atoms with Crippen molar-refractivity contribution in [1.82, 2.24) is 5.32 Å². The van der Waals surface area contributed by atoms with E-state index in [1.165, 1.54) is 7.11 Å². The smallest absolute Gasteiger partial charge is 0.337 e. The summed E-state index contributed by atoms with van der Waals surface area (Å²) in [5.74, 6) is -0.575. The molecule has 2 aromatic carbocycles. The van der Waals surface area contributed by atoms with Crippen molar-refractivity contribution in [2.45, 2.75) is 19.4 Å². The van der Waals surface area contributed by atoms with Gasteiger partial charge in [0, 0.05) is 24.2 Å².